The van der Waals surface area contributed by atoms with Crippen molar-refractivity contribution in [2.75, 3.05) is 0 Å². The monoisotopic (exact) mass is 309 g/mol. The molecular formula is C16H11N3O2S. The zero-order valence-corrected chi connectivity index (χ0v) is 12.3. The highest BCUT2D eigenvalue weighted by atomic mass is 32.2. The molecule has 4 aromatic rings. The van der Waals surface area contributed by atoms with Crippen LogP contribution in [-0.2, 0) is 5.75 Å². The van der Waals surface area contributed by atoms with Crippen molar-refractivity contribution in [2.45, 2.75) is 10.9 Å². The highest BCUT2D eigenvalue weighted by Gasteiger charge is 2.10. The van der Waals surface area contributed by atoms with Crippen molar-refractivity contribution >= 4 is 33.5 Å². The molecule has 2 aromatic heterocycles. The predicted molar refractivity (Wildman–Crippen MR) is 85.9 cm³/mol. The summed E-state index contributed by atoms with van der Waals surface area (Å²) in [6, 6.07) is 13.4. The van der Waals surface area contributed by atoms with Crippen LogP contribution in [0.3, 0.4) is 0 Å². The molecule has 6 heteroatoms. The van der Waals surface area contributed by atoms with E-state index >= 15 is 0 Å². The van der Waals surface area contributed by atoms with Crippen LogP contribution in [-0.4, -0.2) is 15.2 Å². The zero-order chi connectivity index (χ0) is 14.9. The molecule has 0 spiro atoms. The van der Waals surface area contributed by atoms with Gasteiger partial charge in [0.2, 0.25) is 0 Å². The Labute approximate surface area is 129 Å². The first kappa shape index (κ1) is 13.1. The van der Waals surface area contributed by atoms with Gasteiger partial charge in [0.15, 0.2) is 5.16 Å². The normalized spacial score (nSPS) is 11.3. The van der Waals surface area contributed by atoms with E-state index in [2.05, 4.69) is 15.2 Å². The molecule has 2 heterocycles. The lowest BCUT2D eigenvalue weighted by Crippen LogP contribution is -2.00. The molecule has 5 nitrogen and oxygen atoms in total. The Morgan fingerprint density at radius 3 is 2.95 bits per heavy atom. The van der Waals surface area contributed by atoms with E-state index in [9.17, 15) is 4.79 Å². The molecule has 22 heavy (non-hydrogen) atoms. The second-order valence-electron chi connectivity index (χ2n) is 4.83. The lowest BCUT2D eigenvalue weighted by Gasteiger charge is -2.07. The Bertz CT molecular complexity index is 1010. The lowest BCUT2D eigenvalue weighted by atomic mass is 10.0. The van der Waals surface area contributed by atoms with Crippen LogP contribution in [0.5, 0.6) is 0 Å². The Morgan fingerprint density at radius 2 is 2.09 bits per heavy atom. The molecule has 108 valence electrons. The van der Waals surface area contributed by atoms with Crippen LogP contribution in [0.25, 0.3) is 21.7 Å². The van der Waals surface area contributed by atoms with Crippen molar-refractivity contribution in [1.82, 2.24) is 15.2 Å². The average molecular weight is 309 g/mol. The summed E-state index contributed by atoms with van der Waals surface area (Å²) in [4.78, 5) is 15.9. The molecule has 0 bridgehead atoms. The topological polar surface area (TPSA) is 71.8 Å². The average Bonchev–Trinajstić information content (AvgIpc) is 3.05. The summed E-state index contributed by atoms with van der Waals surface area (Å²) < 4.78 is 5.35. The predicted octanol–water partition coefficient (Wildman–Crippen LogP) is 3.36. The smallest absolute Gasteiger partial charge is 0.336 e. The first-order chi connectivity index (χ1) is 10.8. The number of aromatic nitrogens is 3. The second kappa shape index (κ2) is 5.31. The van der Waals surface area contributed by atoms with Crippen LogP contribution >= 0.6 is 11.8 Å². The maximum absolute atomic E-state index is 11.8. The Balaban J connectivity index is 1.91. The highest BCUT2D eigenvalue weighted by Crippen LogP contribution is 2.30. The van der Waals surface area contributed by atoms with Crippen LogP contribution < -0.4 is 5.63 Å². The quantitative estimate of drug-likeness (QED) is 0.357. The molecule has 0 aliphatic carbocycles. The molecule has 0 saturated heterocycles. The van der Waals surface area contributed by atoms with Crippen LogP contribution in [0.2, 0.25) is 0 Å². The summed E-state index contributed by atoms with van der Waals surface area (Å²) in [6.45, 7) is 0. The fourth-order valence-corrected chi connectivity index (χ4v) is 3.30. The third-order valence-electron chi connectivity index (χ3n) is 3.47. The largest absolute Gasteiger partial charge is 0.423 e. The number of benzene rings is 2. The van der Waals surface area contributed by atoms with Crippen LogP contribution in [0.1, 0.15) is 5.56 Å². The van der Waals surface area contributed by atoms with Crippen LogP contribution in [0, 0.1) is 0 Å². The van der Waals surface area contributed by atoms with Gasteiger partial charge in [0.05, 0.1) is 0 Å². The summed E-state index contributed by atoms with van der Waals surface area (Å²) in [6.07, 6.45) is 1.47. The van der Waals surface area contributed by atoms with Gasteiger partial charge in [0.1, 0.15) is 11.9 Å². The van der Waals surface area contributed by atoms with Gasteiger partial charge in [-0.15, -0.1) is 0 Å². The van der Waals surface area contributed by atoms with Gasteiger partial charge >= 0.3 is 5.63 Å². The van der Waals surface area contributed by atoms with Gasteiger partial charge in [0, 0.05) is 17.2 Å². The van der Waals surface area contributed by atoms with Crippen LogP contribution in [0.15, 0.2) is 63.2 Å². The Morgan fingerprint density at radius 1 is 1.18 bits per heavy atom. The number of nitrogens with one attached hydrogen (secondary N) is 1. The summed E-state index contributed by atoms with van der Waals surface area (Å²) in [5.74, 6) is 0.616. The molecule has 1 N–H and O–H groups in total. The van der Waals surface area contributed by atoms with E-state index in [-0.39, 0.29) is 5.63 Å². The number of fused-ring (bicyclic) bond motifs is 3. The van der Waals surface area contributed by atoms with Gasteiger partial charge in [-0.1, -0.05) is 42.1 Å². The summed E-state index contributed by atoms with van der Waals surface area (Å²) in [5.41, 5.74) is 1.21. The number of nitrogens with zero attached hydrogens (tertiary/aromatic N) is 2. The third kappa shape index (κ3) is 2.27. The molecule has 2 aromatic carbocycles. The van der Waals surface area contributed by atoms with E-state index in [0.29, 0.717) is 11.3 Å². The van der Waals surface area contributed by atoms with Crippen molar-refractivity contribution in [3.63, 3.8) is 0 Å². The zero-order valence-electron chi connectivity index (χ0n) is 11.4. The molecule has 0 fully saturated rings. The molecule has 0 unspecified atom stereocenters. The van der Waals surface area contributed by atoms with Crippen molar-refractivity contribution in [3.05, 3.63) is 64.8 Å². The van der Waals surface area contributed by atoms with Gasteiger partial charge < -0.3 is 4.42 Å². The Kier molecular flexibility index (Phi) is 3.16. The minimum atomic E-state index is -0.337. The highest BCUT2D eigenvalue weighted by molar-refractivity contribution is 7.98. The molecule has 0 saturated carbocycles. The van der Waals surface area contributed by atoms with E-state index in [4.69, 9.17) is 4.42 Å². The maximum atomic E-state index is 11.8. The minimum absolute atomic E-state index is 0.337. The number of hydrogen-bond acceptors (Lipinski definition) is 5. The number of hydrogen-bond donors (Lipinski definition) is 1. The second-order valence-corrected chi connectivity index (χ2v) is 5.79. The van der Waals surface area contributed by atoms with Crippen LogP contribution in [0.4, 0.5) is 0 Å². The first-order valence-corrected chi connectivity index (χ1v) is 7.72. The molecule has 0 atom stereocenters. The summed E-state index contributed by atoms with van der Waals surface area (Å²) in [7, 11) is 0. The number of thioether (sulfide) groups is 1. The minimum Gasteiger partial charge on any atom is -0.423 e. The third-order valence-corrected chi connectivity index (χ3v) is 4.40. The van der Waals surface area contributed by atoms with Gasteiger partial charge in [0.25, 0.3) is 0 Å². The van der Waals surface area contributed by atoms with E-state index in [0.717, 1.165) is 26.9 Å². The fourth-order valence-electron chi connectivity index (χ4n) is 2.54. The van der Waals surface area contributed by atoms with Crippen molar-refractivity contribution in [2.24, 2.45) is 0 Å². The SMILES string of the molecule is O=c1cc(CSc2ncn[nH]2)c2c(ccc3ccccc32)o1. The van der Waals surface area contributed by atoms with E-state index in [1.165, 1.54) is 18.1 Å². The lowest BCUT2D eigenvalue weighted by molar-refractivity contribution is 0.560. The van der Waals surface area contributed by atoms with Gasteiger partial charge in [-0.05, 0) is 22.4 Å². The molecule has 0 amide bonds. The number of rotatable bonds is 3. The number of H-pyrrole nitrogens is 1. The summed E-state index contributed by atoms with van der Waals surface area (Å²) in [5, 5.41) is 10.5. The van der Waals surface area contributed by atoms with Gasteiger partial charge in [-0.2, -0.15) is 5.10 Å². The van der Waals surface area contributed by atoms with E-state index in [1.54, 1.807) is 6.07 Å². The van der Waals surface area contributed by atoms with Crippen molar-refractivity contribution in [3.8, 4) is 0 Å². The standard InChI is InChI=1S/C16H11N3O2S/c20-14-7-11(8-22-16-17-9-18-19-16)15-12-4-2-1-3-10(12)5-6-13(15)21-14/h1-7,9H,8H2,(H,17,18,19). The summed E-state index contributed by atoms with van der Waals surface area (Å²) >= 11 is 1.50. The molecule has 0 aliphatic heterocycles. The molecule has 4 rings (SSSR count). The van der Waals surface area contributed by atoms with E-state index < -0.39 is 0 Å². The van der Waals surface area contributed by atoms with Gasteiger partial charge in [-0.25, -0.2) is 9.78 Å². The first-order valence-electron chi connectivity index (χ1n) is 6.74. The maximum Gasteiger partial charge on any atom is 0.336 e. The Hall–Kier alpha value is -2.60. The fraction of sp³-hybridized carbons (Fsp3) is 0.0625. The van der Waals surface area contributed by atoms with Crippen molar-refractivity contribution in [1.29, 1.82) is 0 Å². The van der Waals surface area contributed by atoms with Crippen molar-refractivity contribution < 1.29 is 4.42 Å². The molecular weight excluding hydrogens is 298 g/mol. The molecule has 0 aliphatic rings. The number of aromatic amines is 1. The molecule has 0 radical (unpaired) electrons. The van der Waals surface area contributed by atoms with Gasteiger partial charge in [-0.3, -0.25) is 5.10 Å². The van der Waals surface area contributed by atoms with E-state index in [1.807, 2.05) is 36.4 Å².